The number of ether oxygens (including phenoxy) is 3. The molecule has 0 aliphatic carbocycles. The summed E-state index contributed by atoms with van der Waals surface area (Å²) in [4.78, 5) is 23.3. The van der Waals surface area contributed by atoms with Crippen molar-refractivity contribution in [3.05, 3.63) is 59.9 Å². The summed E-state index contributed by atoms with van der Waals surface area (Å²) >= 11 is 0. The maximum Gasteiger partial charge on any atom is 0.344 e. The summed E-state index contributed by atoms with van der Waals surface area (Å²) < 4.78 is 28.9. The van der Waals surface area contributed by atoms with Crippen molar-refractivity contribution < 1.29 is 28.2 Å². The predicted octanol–water partition coefficient (Wildman–Crippen LogP) is 3.81. The number of benzene rings is 2. The van der Waals surface area contributed by atoms with E-state index in [-0.39, 0.29) is 19.0 Å². The number of halogens is 1. The van der Waals surface area contributed by atoms with E-state index < -0.39 is 17.9 Å². The number of hydrogen-bond acceptors (Lipinski definition) is 5. The molecule has 2 rings (SSSR count). The Bertz CT molecular complexity index is 742. The third kappa shape index (κ3) is 6.20. The summed E-state index contributed by atoms with van der Waals surface area (Å²) in [6.07, 6.45) is -0.0822. The molecule has 0 heterocycles. The molecule has 2 aromatic carbocycles. The third-order valence-electron chi connectivity index (χ3n) is 3.47. The van der Waals surface area contributed by atoms with Crippen LogP contribution in [0.4, 0.5) is 4.39 Å². The van der Waals surface area contributed by atoms with Gasteiger partial charge in [-0.15, -0.1) is 0 Å². The Morgan fingerprint density at radius 3 is 2.42 bits per heavy atom. The van der Waals surface area contributed by atoms with Crippen LogP contribution < -0.4 is 9.47 Å². The Hall–Kier alpha value is -2.89. The van der Waals surface area contributed by atoms with Crippen LogP contribution in [-0.4, -0.2) is 31.1 Å². The minimum atomic E-state index is -0.547. The van der Waals surface area contributed by atoms with Crippen LogP contribution in [0.15, 0.2) is 48.5 Å². The molecular weight excluding hydrogens is 339 g/mol. The molecule has 1 unspecified atom stereocenters. The lowest BCUT2D eigenvalue weighted by atomic mass is 10.1. The Kier molecular flexibility index (Phi) is 7.14. The lowest BCUT2D eigenvalue weighted by Gasteiger charge is -2.15. The molecular formula is C20H21FO5. The van der Waals surface area contributed by atoms with Gasteiger partial charge in [0, 0.05) is 18.1 Å². The summed E-state index contributed by atoms with van der Waals surface area (Å²) in [5, 5.41) is 0. The first-order valence-electron chi connectivity index (χ1n) is 8.32. The van der Waals surface area contributed by atoms with Crippen molar-refractivity contribution in [2.75, 3.05) is 13.2 Å². The number of carbonyl (C=O) groups is 2. The van der Waals surface area contributed by atoms with Gasteiger partial charge in [0.2, 0.25) is 0 Å². The fourth-order valence-corrected chi connectivity index (χ4v) is 2.15. The zero-order valence-corrected chi connectivity index (χ0v) is 14.7. The van der Waals surface area contributed by atoms with Crippen LogP contribution in [0, 0.1) is 5.82 Å². The van der Waals surface area contributed by atoms with Gasteiger partial charge in [0.1, 0.15) is 30.0 Å². The van der Waals surface area contributed by atoms with Gasteiger partial charge in [-0.3, -0.25) is 4.79 Å². The molecule has 1 atom stereocenters. The van der Waals surface area contributed by atoms with E-state index >= 15 is 0 Å². The predicted molar refractivity (Wildman–Crippen MR) is 94.0 cm³/mol. The Morgan fingerprint density at radius 2 is 1.77 bits per heavy atom. The van der Waals surface area contributed by atoms with Crippen LogP contribution >= 0.6 is 0 Å². The van der Waals surface area contributed by atoms with Crippen LogP contribution in [0.25, 0.3) is 0 Å². The van der Waals surface area contributed by atoms with Gasteiger partial charge in [-0.2, -0.15) is 0 Å². The van der Waals surface area contributed by atoms with Crippen molar-refractivity contribution in [2.45, 2.75) is 26.4 Å². The van der Waals surface area contributed by atoms with Gasteiger partial charge in [0.05, 0.1) is 0 Å². The average molecular weight is 360 g/mol. The highest BCUT2D eigenvalue weighted by Crippen LogP contribution is 2.14. The number of rotatable bonds is 9. The second-order valence-electron chi connectivity index (χ2n) is 5.66. The monoisotopic (exact) mass is 360 g/mol. The first-order valence-corrected chi connectivity index (χ1v) is 8.32. The van der Waals surface area contributed by atoms with Crippen LogP contribution in [-0.2, 0) is 9.53 Å². The first-order chi connectivity index (χ1) is 12.5. The quantitative estimate of drug-likeness (QED) is 0.503. The average Bonchev–Trinajstić information content (AvgIpc) is 2.64. The van der Waals surface area contributed by atoms with Crippen LogP contribution in [0.5, 0.6) is 11.5 Å². The molecule has 2 aromatic rings. The van der Waals surface area contributed by atoms with Crippen LogP contribution in [0.2, 0.25) is 0 Å². The molecule has 0 N–H and O–H groups in total. The van der Waals surface area contributed by atoms with E-state index in [9.17, 15) is 14.0 Å². The minimum absolute atomic E-state index is 0.0445. The highest BCUT2D eigenvalue weighted by Gasteiger charge is 2.12. The SMILES string of the molecule is CCC(=O)c1ccc(OCC(=O)OC(C)COc2cccc(F)c2)cc1. The van der Waals surface area contributed by atoms with Crippen molar-refractivity contribution in [1.82, 2.24) is 0 Å². The van der Waals surface area contributed by atoms with Crippen molar-refractivity contribution >= 4 is 11.8 Å². The van der Waals surface area contributed by atoms with E-state index in [1.165, 1.54) is 18.2 Å². The molecule has 0 aromatic heterocycles. The fraction of sp³-hybridized carbons (Fsp3) is 0.300. The number of Topliss-reactive ketones (excluding diaryl/α,β-unsaturated/α-hetero) is 1. The van der Waals surface area contributed by atoms with E-state index in [1.807, 2.05) is 0 Å². The standard InChI is InChI=1S/C20H21FO5/c1-3-19(22)15-7-9-17(10-8-15)25-13-20(23)26-14(2)12-24-18-6-4-5-16(21)11-18/h4-11,14H,3,12-13H2,1-2H3. The molecule has 0 aliphatic rings. The van der Waals surface area contributed by atoms with Gasteiger partial charge in [0.15, 0.2) is 12.4 Å². The third-order valence-corrected chi connectivity index (χ3v) is 3.47. The smallest absolute Gasteiger partial charge is 0.344 e. The van der Waals surface area contributed by atoms with Crippen molar-refractivity contribution in [2.24, 2.45) is 0 Å². The summed E-state index contributed by atoms with van der Waals surface area (Å²) in [7, 11) is 0. The number of ketones is 1. The van der Waals surface area contributed by atoms with E-state index in [0.717, 1.165) is 0 Å². The zero-order valence-electron chi connectivity index (χ0n) is 14.7. The van der Waals surface area contributed by atoms with E-state index in [1.54, 1.807) is 44.2 Å². The summed E-state index contributed by atoms with van der Waals surface area (Å²) in [6.45, 7) is 3.30. The first kappa shape index (κ1) is 19.4. The van der Waals surface area contributed by atoms with E-state index in [4.69, 9.17) is 14.2 Å². The highest BCUT2D eigenvalue weighted by molar-refractivity contribution is 5.95. The molecule has 0 saturated carbocycles. The summed E-state index contributed by atoms with van der Waals surface area (Å²) in [5.41, 5.74) is 0.602. The lowest BCUT2D eigenvalue weighted by Crippen LogP contribution is -2.25. The molecule has 0 bridgehead atoms. The van der Waals surface area contributed by atoms with Gasteiger partial charge < -0.3 is 14.2 Å². The second kappa shape index (κ2) is 9.56. The second-order valence-corrected chi connectivity index (χ2v) is 5.66. The topological polar surface area (TPSA) is 61.8 Å². The number of carbonyl (C=O) groups excluding carboxylic acids is 2. The molecule has 6 heteroatoms. The Morgan fingerprint density at radius 1 is 1.04 bits per heavy atom. The fourth-order valence-electron chi connectivity index (χ4n) is 2.15. The van der Waals surface area contributed by atoms with Crippen LogP contribution in [0.3, 0.4) is 0 Å². The van der Waals surface area contributed by atoms with Gasteiger partial charge in [0.25, 0.3) is 0 Å². The molecule has 0 radical (unpaired) electrons. The van der Waals surface area contributed by atoms with E-state index in [0.29, 0.717) is 23.5 Å². The normalized spacial score (nSPS) is 11.5. The molecule has 0 spiro atoms. The highest BCUT2D eigenvalue weighted by atomic mass is 19.1. The van der Waals surface area contributed by atoms with Gasteiger partial charge in [-0.1, -0.05) is 13.0 Å². The maximum atomic E-state index is 13.1. The zero-order chi connectivity index (χ0) is 18.9. The molecule has 5 nitrogen and oxygen atoms in total. The minimum Gasteiger partial charge on any atom is -0.490 e. The van der Waals surface area contributed by atoms with E-state index in [2.05, 4.69) is 0 Å². The van der Waals surface area contributed by atoms with Crippen LogP contribution in [0.1, 0.15) is 30.6 Å². The number of hydrogen-bond donors (Lipinski definition) is 0. The van der Waals surface area contributed by atoms with Gasteiger partial charge in [-0.05, 0) is 43.3 Å². The largest absolute Gasteiger partial charge is 0.490 e. The molecule has 0 amide bonds. The molecule has 0 saturated heterocycles. The van der Waals surface area contributed by atoms with Crippen molar-refractivity contribution in [3.63, 3.8) is 0 Å². The Labute approximate surface area is 151 Å². The molecule has 138 valence electrons. The maximum absolute atomic E-state index is 13.1. The molecule has 0 aliphatic heterocycles. The van der Waals surface area contributed by atoms with Crippen molar-refractivity contribution in [1.29, 1.82) is 0 Å². The van der Waals surface area contributed by atoms with Crippen molar-refractivity contribution in [3.8, 4) is 11.5 Å². The summed E-state index contributed by atoms with van der Waals surface area (Å²) in [5.74, 6) is -0.0616. The Balaban J connectivity index is 1.73. The number of esters is 1. The summed E-state index contributed by atoms with van der Waals surface area (Å²) in [6, 6.07) is 12.3. The van der Waals surface area contributed by atoms with Gasteiger partial charge >= 0.3 is 5.97 Å². The van der Waals surface area contributed by atoms with Gasteiger partial charge in [-0.25, -0.2) is 9.18 Å². The lowest BCUT2D eigenvalue weighted by molar-refractivity contribution is -0.151. The molecule has 26 heavy (non-hydrogen) atoms. The molecule has 0 fully saturated rings.